The molecule has 0 radical (unpaired) electrons. The van der Waals surface area contributed by atoms with E-state index in [4.69, 9.17) is 9.84 Å². The monoisotopic (exact) mass is 277 g/mol. The van der Waals surface area contributed by atoms with Gasteiger partial charge in [0.05, 0.1) is 17.5 Å². The van der Waals surface area contributed by atoms with Crippen molar-refractivity contribution in [3.8, 4) is 11.5 Å². The number of phenols is 1. The lowest BCUT2D eigenvalue weighted by molar-refractivity contribution is 0.0695. The average molecular weight is 277 g/mol. The number of aromatic carboxylic acids is 1. The van der Waals surface area contributed by atoms with Crippen LogP contribution >= 0.6 is 0 Å². The Morgan fingerprint density at radius 2 is 2.05 bits per heavy atom. The molecule has 0 fully saturated rings. The minimum absolute atomic E-state index is 0.160. The maximum atomic E-state index is 12.1. The number of aromatic nitrogens is 1. The van der Waals surface area contributed by atoms with E-state index >= 15 is 0 Å². The molecule has 0 aliphatic carbocycles. The first kappa shape index (κ1) is 13.9. The third-order valence-electron chi connectivity index (χ3n) is 3.03. The van der Waals surface area contributed by atoms with Gasteiger partial charge in [0.15, 0.2) is 11.5 Å². The molecule has 0 saturated heterocycles. The van der Waals surface area contributed by atoms with Crippen molar-refractivity contribution in [2.45, 2.75) is 20.4 Å². The van der Waals surface area contributed by atoms with Gasteiger partial charge in [0, 0.05) is 18.8 Å². The van der Waals surface area contributed by atoms with Crippen molar-refractivity contribution in [3.05, 3.63) is 34.1 Å². The number of ether oxygens (including phenoxy) is 1. The molecule has 0 saturated carbocycles. The number of nitrogens with zero attached hydrogens (tertiary/aromatic N) is 1. The molecule has 0 aliphatic heterocycles. The van der Waals surface area contributed by atoms with Gasteiger partial charge in [-0.05, 0) is 19.9 Å². The fourth-order valence-corrected chi connectivity index (χ4v) is 2.09. The van der Waals surface area contributed by atoms with Crippen molar-refractivity contribution in [3.63, 3.8) is 0 Å². The number of carboxylic acid groups (broad SMARTS) is 1. The molecule has 1 aromatic heterocycles. The van der Waals surface area contributed by atoms with Gasteiger partial charge in [-0.25, -0.2) is 4.79 Å². The van der Waals surface area contributed by atoms with E-state index in [0.717, 1.165) is 0 Å². The number of phenolic OH excluding ortho intramolecular Hbond substituents is 1. The molecule has 6 nitrogen and oxygen atoms in total. The van der Waals surface area contributed by atoms with Gasteiger partial charge in [0.25, 0.3) is 0 Å². The van der Waals surface area contributed by atoms with Crippen LogP contribution in [0.3, 0.4) is 0 Å². The molecule has 0 aliphatic rings. The number of aromatic hydroxyl groups is 1. The van der Waals surface area contributed by atoms with E-state index in [1.807, 2.05) is 6.92 Å². The Morgan fingerprint density at radius 1 is 1.35 bits per heavy atom. The summed E-state index contributed by atoms with van der Waals surface area (Å²) in [6.07, 6.45) is 1.31. The van der Waals surface area contributed by atoms with Crippen LogP contribution in [0.4, 0.5) is 0 Å². The summed E-state index contributed by atoms with van der Waals surface area (Å²) in [4.78, 5) is 23.2. The molecule has 2 N–H and O–H groups in total. The van der Waals surface area contributed by atoms with Gasteiger partial charge in [-0.1, -0.05) is 0 Å². The Morgan fingerprint density at radius 3 is 2.60 bits per heavy atom. The van der Waals surface area contributed by atoms with Gasteiger partial charge in [0.2, 0.25) is 5.43 Å². The molecule has 0 unspecified atom stereocenters. The normalized spacial score (nSPS) is 10.7. The summed E-state index contributed by atoms with van der Waals surface area (Å²) in [7, 11) is 0. The van der Waals surface area contributed by atoms with Crippen molar-refractivity contribution in [1.29, 1.82) is 0 Å². The highest BCUT2D eigenvalue weighted by Gasteiger charge is 2.16. The third-order valence-corrected chi connectivity index (χ3v) is 3.03. The van der Waals surface area contributed by atoms with E-state index in [9.17, 15) is 14.7 Å². The Bertz CT molecular complexity index is 732. The maximum Gasteiger partial charge on any atom is 0.341 e. The van der Waals surface area contributed by atoms with Crippen LogP contribution in [0.25, 0.3) is 10.9 Å². The lowest BCUT2D eigenvalue weighted by Crippen LogP contribution is -2.18. The molecular weight excluding hydrogens is 262 g/mol. The van der Waals surface area contributed by atoms with E-state index < -0.39 is 11.4 Å². The SMILES string of the molecule is CCOc1cc2c(cc1O)c(=O)c(C(=O)O)cn2CC. The standard InChI is InChI=1S/C14H15NO5/c1-3-15-7-9(14(18)19)13(17)8-5-11(16)12(20-4-2)6-10(8)15/h5-7,16H,3-4H2,1-2H3,(H,18,19). The van der Waals surface area contributed by atoms with Crippen LogP contribution in [0.1, 0.15) is 24.2 Å². The smallest absolute Gasteiger partial charge is 0.341 e. The molecule has 106 valence electrons. The number of hydrogen-bond acceptors (Lipinski definition) is 4. The maximum absolute atomic E-state index is 12.1. The van der Waals surface area contributed by atoms with Crippen molar-refractivity contribution in [2.75, 3.05) is 6.61 Å². The number of benzene rings is 1. The summed E-state index contributed by atoms with van der Waals surface area (Å²) in [5.41, 5.74) is -0.401. The second-order valence-corrected chi connectivity index (χ2v) is 4.23. The molecule has 1 aromatic carbocycles. The van der Waals surface area contributed by atoms with E-state index in [1.165, 1.54) is 12.3 Å². The van der Waals surface area contributed by atoms with Crippen molar-refractivity contribution in [2.24, 2.45) is 0 Å². The highest BCUT2D eigenvalue weighted by Crippen LogP contribution is 2.30. The quantitative estimate of drug-likeness (QED) is 0.890. The number of pyridine rings is 1. The summed E-state index contributed by atoms with van der Waals surface area (Å²) in [6.45, 7) is 4.49. The van der Waals surface area contributed by atoms with Crippen molar-refractivity contribution in [1.82, 2.24) is 4.57 Å². The van der Waals surface area contributed by atoms with Crippen LogP contribution in [-0.2, 0) is 6.54 Å². The zero-order valence-corrected chi connectivity index (χ0v) is 11.2. The Hall–Kier alpha value is -2.50. The molecule has 0 bridgehead atoms. The number of carbonyl (C=O) groups is 1. The van der Waals surface area contributed by atoms with E-state index in [1.54, 1.807) is 17.6 Å². The van der Waals surface area contributed by atoms with Gasteiger partial charge in [-0.2, -0.15) is 0 Å². The molecule has 0 atom stereocenters. The zero-order chi connectivity index (χ0) is 14.9. The Balaban J connectivity index is 2.86. The summed E-state index contributed by atoms with van der Waals surface area (Å²) in [5, 5.41) is 19.0. The molecule has 2 aromatic rings. The van der Waals surface area contributed by atoms with Crippen LogP contribution in [-0.4, -0.2) is 27.4 Å². The highest BCUT2D eigenvalue weighted by atomic mass is 16.5. The Labute approximate surface area is 114 Å². The number of hydrogen-bond donors (Lipinski definition) is 2. The second kappa shape index (κ2) is 5.24. The number of fused-ring (bicyclic) bond motifs is 1. The Kier molecular flexibility index (Phi) is 3.65. The predicted molar refractivity (Wildman–Crippen MR) is 73.7 cm³/mol. The minimum Gasteiger partial charge on any atom is -0.504 e. The first-order chi connectivity index (χ1) is 9.49. The fourth-order valence-electron chi connectivity index (χ4n) is 2.09. The predicted octanol–water partition coefficient (Wildman–Crippen LogP) is 1.82. The van der Waals surface area contributed by atoms with Crippen LogP contribution < -0.4 is 10.2 Å². The zero-order valence-electron chi connectivity index (χ0n) is 11.2. The summed E-state index contributed by atoms with van der Waals surface area (Å²) in [5.74, 6) is -1.20. The highest BCUT2D eigenvalue weighted by molar-refractivity contribution is 5.93. The fraction of sp³-hybridized carbons (Fsp3) is 0.286. The minimum atomic E-state index is -1.28. The van der Waals surface area contributed by atoms with Gasteiger partial charge < -0.3 is 19.5 Å². The molecule has 2 rings (SSSR count). The summed E-state index contributed by atoms with van der Waals surface area (Å²) in [6, 6.07) is 2.80. The molecule has 0 spiro atoms. The van der Waals surface area contributed by atoms with Crippen LogP contribution in [0.2, 0.25) is 0 Å². The summed E-state index contributed by atoms with van der Waals surface area (Å²) >= 11 is 0. The van der Waals surface area contributed by atoms with E-state index in [-0.39, 0.29) is 22.4 Å². The van der Waals surface area contributed by atoms with E-state index in [0.29, 0.717) is 18.7 Å². The first-order valence-electron chi connectivity index (χ1n) is 6.25. The third kappa shape index (κ3) is 2.20. The molecule has 1 heterocycles. The van der Waals surface area contributed by atoms with Crippen molar-refractivity contribution >= 4 is 16.9 Å². The van der Waals surface area contributed by atoms with Crippen LogP contribution in [0.5, 0.6) is 11.5 Å². The van der Waals surface area contributed by atoms with Gasteiger partial charge in [-0.3, -0.25) is 4.79 Å². The van der Waals surface area contributed by atoms with Crippen LogP contribution in [0, 0.1) is 0 Å². The summed E-state index contributed by atoms with van der Waals surface area (Å²) < 4.78 is 6.92. The lowest BCUT2D eigenvalue weighted by Gasteiger charge is -2.13. The molecular formula is C14H15NO5. The van der Waals surface area contributed by atoms with Gasteiger partial charge in [-0.15, -0.1) is 0 Å². The number of aryl methyl sites for hydroxylation is 1. The first-order valence-corrected chi connectivity index (χ1v) is 6.25. The van der Waals surface area contributed by atoms with Crippen molar-refractivity contribution < 1.29 is 19.7 Å². The topological polar surface area (TPSA) is 88.8 Å². The second-order valence-electron chi connectivity index (χ2n) is 4.23. The molecule has 0 amide bonds. The number of rotatable bonds is 4. The largest absolute Gasteiger partial charge is 0.504 e. The number of carboxylic acids is 1. The van der Waals surface area contributed by atoms with Gasteiger partial charge in [0.1, 0.15) is 5.56 Å². The average Bonchev–Trinajstić information content (AvgIpc) is 2.41. The van der Waals surface area contributed by atoms with Crippen LogP contribution in [0.15, 0.2) is 23.1 Å². The van der Waals surface area contributed by atoms with E-state index in [2.05, 4.69) is 0 Å². The van der Waals surface area contributed by atoms with Gasteiger partial charge >= 0.3 is 5.97 Å². The molecule has 20 heavy (non-hydrogen) atoms. The molecule has 6 heteroatoms. The lowest BCUT2D eigenvalue weighted by atomic mass is 10.1.